The zero-order valence-electron chi connectivity index (χ0n) is 24.2. The fraction of sp³-hybridized carbons (Fsp3) is 0.815. The van der Waals surface area contributed by atoms with Crippen molar-refractivity contribution in [1.29, 1.82) is 0 Å². The number of Topliss-reactive ketones (excluding diaryl/α,β-unsaturated/α-hetero) is 1. The average molecular weight is 994 g/mol. The molecule has 40 heavy (non-hydrogen) atoms. The first kappa shape index (κ1) is 37.2. The maximum atomic E-state index is 14.0. The molecular formula is C27H41Ac2NO10. The van der Waals surface area contributed by atoms with E-state index in [9.17, 15) is 39.9 Å². The third-order valence-corrected chi connectivity index (χ3v) is 10.3. The van der Waals surface area contributed by atoms with E-state index >= 15 is 0 Å². The number of carbonyl (C=O) groups is 3. The van der Waals surface area contributed by atoms with E-state index in [2.05, 4.69) is 5.32 Å². The van der Waals surface area contributed by atoms with E-state index in [0.717, 1.165) is 0 Å². The van der Waals surface area contributed by atoms with Crippen LogP contribution in [0.5, 0.6) is 0 Å². The Kier molecular flexibility index (Phi) is 11.5. The molecule has 2 bridgehead atoms. The van der Waals surface area contributed by atoms with Gasteiger partial charge < -0.3 is 40.3 Å². The minimum atomic E-state index is -1.75. The van der Waals surface area contributed by atoms with E-state index in [1.54, 1.807) is 27.7 Å². The number of hydrogen-bond acceptors (Lipinski definition) is 10. The predicted molar refractivity (Wildman–Crippen MR) is 132 cm³/mol. The second-order valence-electron chi connectivity index (χ2n) is 12.6. The zero-order chi connectivity index (χ0) is 28.7. The van der Waals surface area contributed by atoms with Crippen LogP contribution in [-0.2, 0) is 23.9 Å². The number of ether oxygens (including phenoxy) is 2. The maximum absolute atomic E-state index is 14.0. The Bertz CT molecular complexity index is 1080. The largest absolute Gasteiger partial charge is 0.456 e. The van der Waals surface area contributed by atoms with Gasteiger partial charge in [0.25, 0.3) is 0 Å². The number of amides is 1. The summed E-state index contributed by atoms with van der Waals surface area (Å²) in [5, 5.41) is 59.7. The zero-order valence-corrected chi connectivity index (χ0v) is 33.7. The fourth-order valence-corrected chi connectivity index (χ4v) is 7.93. The molecule has 0 spiro atoms. The number of rotatable bonds is 4. The van der Waals surface area contributed by atoms with Crippen LogP contribution >= 0.6 is 0 Å². The molecule has 4 aliphatic rings. The quantitative estimate of drug-likeness (QED) is 0.157. The van der Waals surface area contributed by atoms with Gasteiger partial charge in [-0.25, -0.2) is 4.79 Å². The van der Waals surface area contributed by atoms with Crippen molar-refractivity contribution in [3.63, 3.8) is 0 Å². The van der Waals surface area contributed by atoms with E-state index in [0.29, 0.717) is 5.57 Å². The van der Waals surface area contributed by atoms with Crippen LogP contribution in [0.3, 0.4) is 0 Å². The van der Waals surface area contributed by atoms with Gasteiger partial charge in [-0.3, -0.25) is 9.59 Å². The van der Waals surface area contributed by atoms with E-state index in [1.807, 2.05) is 0 Å². The topological polar surface area (TPSA) is 183 Å². The molecule has 11 atom stereocenters. The fourth-order valence-electron chi connectivity index (χ4n) is 7.93. The third-order valence-electron chi connectivity index (χ3n) is 10.3. The summed E-state index contributed by atoms with van der Waals surface area (Å²) in [6.07, 6.45) is -6.65. The Morgan fingerprint density at radius 3 is 2.23 bits per heavy atom. The van der Waals surface area contributed by atoms with Crippen LogP contribution in [0.1, 0.15) is 61.3 Å². The van der Waals surface area contributed by atoms with Crippen LogP contribution in [0.25, 0.3) is 0 Å². The van der Waals surface area contributed by atoms with Gasteiger partial charge in [-0.2, -0.15) is 0 Å². The van der Waals surface area contributed by atoms with Crippen molar-refractivity contribution >= 4 is 17.7 Å². The first-order valence-electron chi connectivity index (χ1n) is 13.2. The number of aliphatic hydroxyl groups excluding tert-OH is 3. The molecule has 6 N–H and O–H groups in total. The van der Waals surface area contributed by atoms with Crippen LogP contribution in [0.15, 0.2) is 11.1 Å². The van der Waals surface area contributed by atoms with Crippen molar-refractivity contribution in [3.05, 3.63) is 11.1 Å². The number of nitrogens with one attached hydrogen (secondary N) is 1. The molecule has 1 aliphatic heterocycles. The minimum absolute atomic E-state index is 0. The van der Waals surface area contributed by atoms with Gasteiger partial charge in [0, 0.05) is 119 Å². The molecule has 2 radical (unpaired) electrons. The summed E-state index contributed by atoms with van der Waals surface area (Å²) in [5.74, 6) is -3.96. The van der Waals surface area contributed by atoms with Crippen LogP contribution < -0.4 is 5.32 Å². The number of aliphatic hydroxyl groups is 5. The average Bonchev–Trinajstić information content (AvgIpc) is 2.81. The number of carbonyl (C=O) groups excluding carboxylic acids is 3. The summed E-state index contributed by atoms with van der Waals surface area (Å²) in [5.41, 5.74) is -5.48. The van der Waals surface area contributed by atoms with E-state index in [-0.39, 0.29) is 113 Å². The SMILES string of the molecule is CC(=O)N[C@@H](C)C(O)C(=O)OC1CC2(O)[C@@H](C)C3C4(O)COC4CC(O)[C@@]3(C)C(=O)C(O)C(=C1C)C2(C)C.[Ac].[Ac]. The molecule has 0 aromatic carbocycles. The van der Waals surface area contributed by atoms with Crippen molar-refractivity contribution in [1.82, 2.24) is 5.32 Å². The third kappa shape index (κ3) is 5.31. The second-order valence-corrected chi connectivity index (χ2v) is 12.6. The summed E-state index contributed by atoms with van der Waals surface area (Å²) in [7, 11) is 0. The molecule has 4 rings (SSSR count). The summed E-state index contributed by atoms with van der Waals surface area (Å²) < 4.78 is 11.2. The number of ketones is 1. The minimum Gasteiger partial charge on any atom is -0.456 e. The van der Waals surface area contributed by atoms with Crippen molar-refractivity contribution in [2.24, 2.45) is 22.7 Å². The van der Waals surface area contributed by atoms with E-state index in [1.165, 1.54) is 20.8 Å². The standard InChI is InChI=1S/C27H41NO10.2Ac/c1-11-15(38-23(34)19(31)13(3)28-14(4)29)9-27(36)12(2)21-25(7,16(30)8-17-26(21,35)10-37-17)22(33)20(32)18(11)24(27,5)6;;/h12-13,15-17,19-21,30-32,35-36H,8-10H2,1-7H3,(H,28,29);;/t12-,13-,15?,16?,17?,19?,20?,21?,25+,26?,27?;;/m0../s1. The van der Waals surface area contributed by atoms with Crippen molar-refractivity contribution in [2.45, 2.75) is 109 Å². The van der Waals surface area contributed by atoms with Gasteiger partial charge in [0.15, 0.2) is 11.9 Å². The second kappa shape index (κ2) is 12.4. The molecular weight excluding hydrogens is 952 g/mol. The Labute approximate surface area is 306 Å². The van der Waals surface area contributed by atoms with Gasteiger partial charge in [-0.1, -0.05) is 20.8 Å². The Morgan fingerprint density at radius 2 is 1.73 bits per heavy atom. The number of hydrogen-bond donors (Lipinski definition) is 6. The molecule has 13 heteroatoms. The summed E-state index contributed by atoms with van der Waals surface area (Å²) in [6, 6.07) is -0.943. The van der Waals surface area contributed by atoms with E-state index in [4.69, 9.17) is 9.47 Å². The van der Waals surface area contributed by atoms with Gasteiger partial charge in [-0.15, -0.1) is 0 Å². The Balaban J connectivity index is 0.00000280. The Morgan fingerprint density at radius 1 is 1.15 bits per heavy atom. The number of fused-ring (bicyclic) bond motifs is 5. The van der Waals surface area contributed by atoms with Gasteiger partial charge >= 0.3 is 5.97 Å². The predicted octanol–water partition coefficient (Wildman–Crippen LogP) is -0.642. The van der Waals surface area contributed by atoms with Crippen molar-refractivity contribution in [2.75, 3.05) is 6.61 Å². The van der Waals surface area contributed by atoms with Gasteiger partial charge in [0.2, 0.25) is 5.91 Å². The molecule has 1 heterocycles. The molecule has 11 nitrogen and oxygen atoms in total. The van der Waals surface area contributed by atoms with Crippen molar-refractivity contribution < 1.29 is 138 Å². The molecule has 8 unspecified atom stereocenters. The van der Waals surface area contributed by atoms with Crippen molar-refractivity contribution in [3.8, 4) is 0 Å². The molecule has 2 saturated carbocycles. The molecule has 1 saturated heterocycles. The van der Waals surface area contributed by atoms with Gasteiger partial charge in [0.05, 0.1) is 35.9 Å². The van der Waals surface area contributed by atoms with Gasteiger partial charge in [-0.05, 0) is 37.8 Å². The molecule has 3 fully saturated rings. The molecule has 0 aromatic heterocycles. The van der Waals surface area contributed by atoms with Crippen LogP contribution in [-0.4, -0.2) is 97.6 Å². The van der Waals surface area contributed by atoms with Gasteiger partial charge in [0.1, 0.15) is 17.8 Å². The molecule has 3 aliphatic carbocycles. The van der Waals surface area contributed by atoms with E-state index < -0.39 is 88.1 Å². The van der Waals surface area contributed by atoms with Crippen LogP contribution in [0.2, 0.25) is 0 Å². The smallest absolute Gasteiger partial charge is 0.337 e. The molecule has 1 amide bonds. The van der Waals surface area contributed by atoms with Crippen LogP contribution in [0, 0.1) is 111 Å². The maximum Gasteiger partial charge on any atom is 0.337 e. The first-order valence-corrected chi connectivity index (χ1v) is 13.2. The molecule has 0 aromatic rings. The summed E-state index contributed by atoms with van der Waals surface area (Å²) in [6.45, 7) is 10.8. The number of esters is 1. The first-order chi connectivity index (χ1) is 17.4. The van der Waals surface area contributed by atoms with Crippen LogP contribution in [0.4, 0.5) is 0 Å². The summed E-state index contributed by atoms with van der Waals surface area (Å²) in [4.78, 5) is 38.3. The normalized spacial score (nSPS) is 43.1. The summed E-state index contributed by atoms with van der Waals surface area (Å²) >= 11 is 0. The Hall–Kier alpha value is 0.993. The monoisotopic (exact) mass is 993 g/mol. The molecule has 220 valence electrons.